The van der Waals surface area contributed by atoms with Gasteiger partial charge >= 0.3 is 0 Å². The van der Waals surface area contributed by atoms with Gasteiger partial charge in [0.05, 0.1) is 12.7 Å². The maximum Gasteiger partial charge on any atom is 0.125 e. The van der Waals surface area contributed by atoms with E-state index < -0.39 is 0 Å². The molecule has 1 N–H and O–H groups in total. The third kappa shape index (κ3) is 2.79. The van der Waals surface area contributed by atoms with Crippen molar-refractivity contribution >= 4 is 0 Å². The van der Waals surface area contributed by atoms with Gasteiger partial charge in [0.15, 0.2) is 0 Å². The van der Waals surface area contributed by atoms with Gasteiger partial charge in [-0.05, 0) is 31.2 Å². The maximum atomic E-state index is 13.5. The van der Waals surface area contributed by atoms with Crippen molar-refractivity contribution in [3.63, 3.8) is 0 Å². The number of benzene rings is 1. The second-order valence-electron chi connectivity index (χ2n) is 6.62. The highest BCUT2D eigenvalue weighted by Gasteiger charge is 2.45. The van der Waals surface area contributed by atoms with Crippen LogP contribution in [0.2, 0.25) is 0 Å². The van der Waals surface area contributed by atoms with Crippen LogP contribution in [0.25, 0.3) is 0 Å². The molecule has 3 unspecified atom stereocenters. The molecule has 1 fully saturated rings. The highest BCUT2D eigenvalue weighted by Crippen LogP contribution is 2.45. The Labute approximate surface area is 125 Å². The zero-order chi connectivity index (χ0) is 15.0. The summed E-state index contributed by atoms with van der Waals surface area (Å²) in [4.78, 5) is 0. The summed E-state index contributed by atoms with van der Waals surface area (Å²) in [6.07, 6.45) is 2.90. The monoisotopic (exact) mass is 293 g/mol. The Bertz CT molecular complexity index is 520. The standard InChI is InChI=1S/C17H24FNO2/c1-11(2)16-10-17(6-7-20-16)9-14(19-3)13-8-12(18)4-5-15(13)21-17/h4-5,8,11,14,16,19H,6-7,9-10H2,1-3H3. The first-order chi connectivity index (χ1) is 10.0. The van der Waals surface area contributed by atoms with E-state index in [0.29, 0.717) is 5.92 Å². The Hall–Kier alpha value is -1.13. The van der Waals surface area contributed by atoms with Crippen LogP contribution >= 0.6 is 0 Å². The Balaban J connectivity index is 1.91. The molecular formula is C17H24FNO2. The Morgan fingerprint density at radius 3 is 2.86 bits per heavy atom. The third-order valence-electron chi connectivity index (χ3n) is 4.80. The van der Waals surface area contributed by atoms with Gasteiger partial charge in [0.25, 0.3) is 0 Å². The average Bonchev–Trinajstić information content (AvgIpc) is 2.47. The van der Waals surface area contributed by atoms with Crippen molar-refractivity contribution in [1.82, 2.24) is 5.32 Å². The van der Waals surface area contributed by atoms with Gasteiger partial charge in [-0.25, -0.2) is 4.39 Å². The van der Waals surface area contributed by atoms with Crippen LogP contribution in [0.5, 0.6) is 5.75 Å². The van der Waals surface area contributed by atoms with Gasteiger partial charge in [0, 0.05) is 30.9 Å². The highest BCUT2D eigenvalue weighted by molar-refractivity contribution is 5.39. The first kappa shape index (κ1) is 14.8. The number of hydrogen-bond donors (Lipinski definition) is 1. The van der Waals surface area contributed by atoms with Gasteiger partial charge in [-0.3, -0.25) is 0 Å². The van der Waals surface area contributed by atoms with Crippen molar-refractivity contribution in [2.24, 2.45) is 5.92 Å². The molecule has 0 radical (unpaired) electrons. The van der Waals surface area contributed by atoms with E-state index in [9.17, 15) is 4.39 Å². The van der Waals surface area contributed by atoms with E-state index in [1.165, 1.54) is 6.07 Å². The molecule has 116 valence electrons. The Morgan fingerprint density at radius 2 is 2.14 bits per heavy atom. The molecule has 1 spiro atoms. The summed E-state index contributed by atoms with van der Waals surface area (Å²) in [5.74, 6) is 1.08. The van der Waals surface area contributed by atoms with Crippen LogP contribution in [-0.2, 0) is 4.74 Å². The zero-order valence-electron chi connectivity index (χ0n) is 13.0. The topological polar surface area (TPSA) is 30.5 Å². The van der Waals surface area contributed by atoms with Gasteiger partial charge in [0.2, 0.25) is 0 Å². The van der Waals surface area contributed by atoms with Gasteiger partial charge in [-0.2, -0.15) is 0 Å². The zero-order valence-corrected chi connectivity index (χ0v) is 13.0. The first-order valence-corrected chi connectivity index (χ1v) is 7.80. The van der Waals surface area contributed by atoms with Crippen molar-refractivity contribution in [1.29, 1.82) is 0 Å². The van der Waals surface area contributed by atoms with Gasteiger partial charge in [-0.1, -0.05) is 13.8 Å². The average molecular weight is 293 g/mol. The molecule has 0 bridgehead atoms. The summed E-state index contributed by atoms with van der Waals surface area (Å²) in [6.45, 7) is 5.10. The lowest BCUT2D eigenvalue weighted by Crippen LogP contribution is -2.51. The second kappa shape index (κ2) is 5.58. The third-order valence-corrected chi connectivity index (χ3v) is 4.80. The first-order valence-electron chi connectivity index (χ1n) is 7.80. The molecule has 2 heterocycles. The minimum Gasteiger partial charge on any atom is -0.487 e. The summed E-state index contributed by atoms with van der Waals surface area (Å²) in [7, 11) is 1.93. The van der Waals surface area contributed by atoms with Crippen molar-refractivity contribution in [3.05, 3.63) is 29.6 Å². The summed E-state index contributed by atoms with van der Waals surface area (Å²) in [5, 5.41) is 3.32. The van der Waals surface area contributed by atoms with Crippen LogP contribution in [0.3, 0.4) is 0 Å². The largest absolute Gasteiger partial charge is 0.487 e. The molecule has 3 nitrogen and oxygen atoms in total. The number of nitrogens with one attached hydrogen (secondary N) is 1. The van der Waals surface area contributed by atoms with Crippen LogP contribution in [0.1, 0.15) is 44.7 Å². The quantitative estimate of drug-likeness (QED) is 0.906. The molecule has 1 aromatic carbocycles. The van der Waals surface area contributed by atoms with Crippen LogP contribution in [0.15, 0.2) is 18.2 Å². The second-order valence-corrected chi connectivity index (χ2v) is 6.62. The predicted molar refractivity (Wildman–Crippen MR) is 80.0 cm³/mol. The van der Waals surface area contributed by atoms with Gasteiger partial charge in [-0.15, -0.1) is 0 Å². The van der Waals surface area contributed by atoms with Crippen molar-refractivity contribution in [3.8, 4) is 5.75 Å². The van der Waals surface area contributed by atoms with E-state index in [4.69, 9.17) is 9.47 Å². The van der Waals surface area contributed by atoms with Crippen molar-refractivity contribution < 1.29 is 13.9 Å². The lowest BCUT2D eigenvalue weighted by atomic mass is 9.78. The summed E-state index contributed by atoms with van der Waals surface area (Å²) >= 11 is 0. The number of rotatable bonds is 2. The molecule has 2 aliphatic rings. The maximum absolute atomic E-state index is 13.5. The Kier molecular flexibility index (Phi) is 3.93. The molecule has 1 saturated heterocycles. The fraction of sp³-hybridized carbons (Fsp3) is 0.647. The molecule has 2 aliphatic heterocycles. The van der Waals surface area contributed by atoms with Crippen LogP contribution < -0.4 is 10.1 Å². The van der Waals surface area contributed by atoms with Gasteiger partial charge < -0.3 is 14.8 Å². The number of fused-ring (bicyclic) bond motifs is 1. The normalized spacial score (nSPS) is 32.0. The van der Waals surface area contributed by atoms with E-state index in [0.717, 1.165) is 37.2 Å². The number of hydrogen-bond acceptors (Lipinski definition) is 3. The minimum absolute atomic E-state index is 0.135. The summed E-state index contributed by atoms with van der Waals surface area (Å²) in [6, 6.07) is 4.96. The van der Waals surface area contributed by atoms with E-state index in [1.54, 1.807) is 12.1 Å². The molecule has 0 saturated carbocycles. The molecule has 4 heteroatoms. The van der Waals surface area contributed by atoms with Crippen LogP contribution in [0, 0.1) is 11.7 Å². The van der Waals surface area contributed by atoms with Crippen LogP contribution in [-0.4, -0.2) is 25.4 Å². The van der Waals surface area contributed by atoms with Gasteiger partial charge in [0.1, 0.15) is 17.2 Å². The predicted octanol–water partition coefficient (Wildman–Crippen LogP) is 3.44. The van der Waals surface area contributed by atoms with E-state index in [-0.39, 0.29) is 23.6 Å². The summed E-state index contributed by atoms with van der Waals surface area (Å²) in [5.41, 5.74) is 0.738. The lowest BCUT2D eigenvalue weighted by molar-refractivity contribution is -0.116. The fourth-order valence-electron chi connectivity index (χ4n) is 3.53. The van der Waals surface area contributed by atoms with E-state index in [1.807, 2.05) is 7.05 Å². The molecule has 0 aliphatic carbocycles. The molecular weight excluding hydrogens is 269 g/mol. The number of halogens is 1. The minimum atomic E-state index is -0.208. The van der Waals surface area contributed by atoms with Crippen LogP contribution in [0.4, 0.5) is 4.39 Å². The smallest absolute Gasteiger partial charge is 0.125 e. The van der Waals surface area contributed by atoms with E-state index >= 15 is 0 Å². The fourth-order valence-corrected chi connectivity index (χ4v) is 3.53. The van der Waals surface area contributed by atoms with Crippen molar-refractivity contribution in [2.75, 3.05) is 13.7 Å². The molecule has 3 rings (SSSR count). The Morgan fingerprint density at radius 1 is 1.33 bits per heavy atom. The molecule has 1 aromatic rings. The van der Waals surface area contributed by atoms with E-state index in [2.05, 4.69) is 19.2 Å². The molecule has 21 heavy (non-hydrogen) atoms. The lowest BCUT2D eigenvalue weighted by Gasteiger charge is -2.47. The van der Waals surface area contributed by atoms with Crippen molar-refractivity contribution in [2.45, 2.75) is 50.9 Å². The number of ether oxygens (including phenoxy) is 2. The summed E-state index contributed by atoms with van der Waals surface area (Å²) < 4.78 is 25.7. The SMILES string of the molecule is CNC1CC2(CCOC(C(C)C)C2)Oc2ccc(F)cc21. The molecule has 0 aromatic heterocycles. The highest BCUT2D eigenvalue weighted by atomic mass is 19.1. The molecule has 3 atom stereocenters. The molecule has 0 amide bonds.